The van der Waals surface area contributed by atoms with Crippen LogP contribution >= 0.6 is 0 Å². The molecule has 0 radical (unpaired) electrons. The Morgan fingerprint density at radius 2 is 1.54 bits per heavy atom. The highest BCUT2D eigenvalue weighted by atomic mass is 19.4. The van der Waals surface area contributed by atoms with Crippen molar-refractivity contribution < 1.29 is 22.8 Å². The molecule has 0 aliphatic heterocycles. The van der Waals surface area contributed by atoms with Crippen LogP contribution in [-0.2, 0) is 0 Å². The number of hydrogen-bond acceptors (Lipinski definition) is 3. The maximum absolute atomic E-state index is 13.2. The van der Waals surface area contributed by atoms with Gasteiger partial charge in [-0.15, -0.1) is 0 Å². The number of amides is 2. The monoisotopic (exact) mass is 478 g/mol. The van der Waals surface area contributed by atoms with Crippen molar-refractivity contribution in [3.05, 3.63) is 102 Å². The van der Waals surface area contributed by atoms with Gasteiger partial charge in [0, 0.05) is 23.0 Å². The van der Waals surface area contributed by atoms with Gasteiger partial charge in [-0.2, -0.15) is 18.3 Å². The van der Waals surface area contributed by atoms with Crippen LogP contribution in [0.15, 0.2) is 85.1 Å². The summed E-state index contributed by atoms with van der Waals surface area (Å²) in [6.07, 6.45) is -2.85. The van der Waals surface area contributed by atoms with Crippen molar-refractivity contribution in [2.45, 2.75) is 13.1 Å². The van der Waals surface area contributed by atoms with E-state index < -0.39 is 24.5 Å². The van der Waals surface area contributed by atoms with Crippen LogP contribution in [-0.4, -0.2) is 34.3 Å². The van der Waals surface area contributed by atoms with E-state index in [2.05, 4.69) is 10.4 Å². The number of anilines is 1. The van der Waals surface area contributed by atoms with Gasteiger partial charge in [-0.3, -0.25) is 9.59 Å². The SMILES string of the molecule is Cc1ccccc1-c1nn(-c2ccccc2)cc1C(=O)Nc1ccc(C(=O)NCC(F)(F)F)cc1. The molecule has 0 saturated carbocycles. The summed E-state index contributed by atoms with van der Waals surface area (Å²) in [5, 5.41) is 9.25. The van der Waals surface area contributed by atoms with E-state index in [-0.39, 0.29) is 5.56 Å². The molecule has 1 aromatic heterocycles. The third-order valence-corrected chi connectivity index (χ3v) is 5.23. The standard InChI is InChI=1S/C26H21F3N4O2/c1-17-7-5-6-10-21(17)23-22(15-33(32-23)20-8-3-2-4-9-20)25(35)31-19-13-11-18(12-14-19)24(34)30-16-26(27,28)29/h2-15H,16H2,1H3,(H,30,34)(H,31,35). The van der Waals surface area contributed by atoms with Gasteiger partial charge in [-0.25, -0.2) is 4.68 Å². The zero-order chi connectivity index (χ0) is 25.0. The Kier molecular flexibility index (Phi) is 6.68. The minimum Gasteiger partial charge on any atom is -0.343 e. The smallest absolute Gasteiger partial charge is 0.343 e. The highest BCUT2D eigenvalue weighted by molar-refractivity contribution is 6.08. The van der Waals surface area contributed by atoms with Crippen molar-refractivity contribution in [3.63, 3.8) is 0 Å². The van der Waals surface area contributed by atoms with Gasteiger partial charge in [0.05, 0.1) is 11.3 Å². The molecule has 4 rings (SSSR count). The molecule has 0 aliphatic carbocycles. The van der Waals surface area contributed by atoms with Crippen molar-refractivity contribution in [2.24, 2.45) is 0 Å². The summed E-state index contributed by atoms with van der Waals surface area (Å²) in [7, 11) is 0. The number of halogens is 3. The molecule has 2 amide bonds. The molecule has 0 atom stereocenters. The lowest BCUT2D eigenvalue weighted by Gasteiger charge is -2.09. The van der Waals surface area contributed by atoms with Crippen LogP contribution in [0.25, 0.3) is 16.9 Å². The molecule has 0 saturated heterocycles. The van der Waals surface area contributed by atoms with Crippen LogP contribution in [0.3, 0.4) is 0 Å². The first-order valence-electron chi connectivity index (χ1n) is 10.7. The van der Waals surface area contributed by atoms with Gasteiger partial charge in [-0.1, -0.05) is 42.5 Å². The Morgan fingerprint density at radius 1 is 0.886 bits per heavy atom. The van der Waals surface area contributed by atoms with Gasteiger partial charge in [0.2, 0.25) is 0 Å². The number of hydrogen-bond donors (Lipinski definition) is 2. The van der Waals surface area contributed by atoms with E-state index >= 15 is 0 Å². The second-order valence-electron chi connectivity index (χ2n) is 7.82. The van der Waals surface area contributed by atoms with Crippen LogP contribution in [0.1, 0.15) is 26.3 Å². The first kappa shape index (κ1) is 23.7. The number of nitrogens with zero attached hydrogens (tertiary/aromatic N) is 2. The molecule has 0 bridgehead atoms. The van der Waals surface area contributed by atoms with Gasteiger partial charge in [0.25, 0.3) is 11.8 Å². The molecule has 1 heterocycles. The number of carbonyl (C=O) groups excluding carboxylic acids is 2. The summed E-state index contributed by atoms with van der Waals surface area (Å²) in [6.45, 7) is 0.512. The molecule has 0 aliphatic rings. The quantitative estimate of drug-likeness (QED) is 0.390. The zero-order valence-electron chi connectivity index (χ0n) is 18.6. The summed E-state index contributed by atoms with van der Waals surface area (Å²) in [5.74, 6) is -1.27. The number of nitrogens with one attached hydrogen (secondary N) is 2. The Labute approximate surface area is 199 Å². The molecule has 2 N–H and O–H groups in total. The predicted octanol–water partition coefficient (Wildman–Crippen LogP) is 5.39. The molecule has 3 aromatic carbocycles. The molecule has 0 spiro atoms. The molecule has 0 unspecified atom stereocenters. The first-order chi connectivity index (χ1) is 16.7. The Bertz CT molecular complexity index is 1350. The maximum atomic E-state index is 13.2. The summed E-state index contributed by atoms with van der Waals surface area (Å²) in [4.78, 5) is 25.1. The highest BCUT2D eigenvalue weighted by Gasteiger charge is 2.28. The number of alkyl halides is 3. The van der Waals surface area contributed by atoms with Gasteiger partial charge >= 0.3 is 6.18 Å². The molecule has 178 valence electrons. The number of aromatic nitrogens is 2. The normalized spacial score (nSPS) is 11.2. The van der Waals surface area contributed by atoms with Crippen molar-refractivity contribution in [2.75, 3.05) is 11.9 Å². The fraction of sp³-hybridized carbons (Fsp3) is 0.115. The number of aryl methyl sites for hydroxylation is 1. The zero-order valence-corrected chi connectivity index (χ0v) is 18.6. The van der Waals surface area contributed by atoms with E-state index in [1.807, 2.05) is 66.8 Å². The maximum Gasteiger partial charge on any atom is 0.405 e. The number of benzene rings is 3. The van der Waals surface area contributed by atoms with Crippen LogP contribution < -0.4 is 10.6 Å². The number of rotatable bonds is 6. The van der Waals surface area contributed by atoms with E-state index in [9.17, 15) is 22.8 Å². The van der Waals surface area contributed by atoms with Gasteiger partial charge in [0.15, 0.2) is 0 Å². The third-order valence-electron chi connectivity index (χ3n) is 5.23. The number of para-hydroxylation sites is 1. The third kappa shape index (κ3) is 5.75. The van der Waals surface area contributed by atoms with Crippen molar-refractivity contribution in [1.82, 2.24) is 15.1 Å². The second-order valence-corrected chi connectivity index (χ2v) is 7.82. The molecule has 4 aromatic rings. The van der Waals surface area contributed by atoms with Crippen LogP contribution in [0.4, 0.5) is 18.9 Å². The topological polar surface area (TPSA) is 76.0 Å². The lowest BCUT2D eigenvalue weighted by molar-refractivity contribution is -0.123. The highest BCUT2D eigenvalue weighted by Crippen LogP contribution is 2.27. The molecule has 9 heteroatoms. The van der Waals surface area contributed by atoms with Gasteiger partial charge in [0.1, 0.15) is 12.2 Å². The van der Waals surface area contributed by atoms with Crippen molar-refractivity contribution in [3.8, 4) is 16.9 Å². The van der Waals surface area contributed by atoms with Crippen LogP contribution in [0, 0.1) is 6.92 Å². The largest absolute Gasteiger partial charge is 0.405 e. The summed E-state index contributed by atoms with van der Waals surface area (Å²) >= 11 is 0. The van der Waals surface area contributed by atoms with Gasteiger partial charge in [-0.05, 0) is 48.9 Å². The predicted molar refractivity (Wildman–Crippen MR) is 127 cm³/mol. The Morgan fingerprint density at radius 3 is 2.20 bits per heavy atom. The Hall–Kier alpha value is -4.40. The van der Waals surface area contributed by atoms with E-state index in [0.29, 0.717) is 16.9 Å². The molecule has 35 heavy (non-hydrogen) atoms. The lowest BCUT2D eigenvalue weighted by Crippen LogP contribution is -2.33. The average molecular weight is 478 g/mol. The fourth-order valence-corrected chi connectivity index (χ4v) is 3.48. The average Bonchev–Trinajstić information content (AvgIpc) is 3.29. The first-order valence-corrected chi connectivity index (χ1v) is 10.7. The van der Waals surface area contributed by atoms with E-state index in [0.717, 1.165) is 16.8 Å². The van der Waals surface area contributed by atoms with E-state index in [1.54, 1.807) is 10.9 Å². The van der Waals surface area contributed by atoms with Gasteiger partial charge < -0.3 is 10.6 Å². The van der Waals surface area contributed by atoms with Crippen molar-refractivity contribution >= 4 is 17.5 Å². The van der Waals surface area contributed by atoms with Crippen LogP contribution in [0.5, 0.6) is 0 Å². The molecular formula is C26H21F3N4O2. The minimum atomic E-state index is -4.50. The minimum absolute atomic E-state index is 0.0461. The van der Waals surface area contributed by atoms with Crippen molar-refractivity contribution in [1.29, 1.82) is 0 Å². The second kappa shape index (κ2) is 9.84. The fourth-order valence-electron chi connectivity index (χ4n) is 3.48. The van der Waals surface area contributed by atoms with E-state index in [4.69, 9.17) is 0 Å². The number of carbonyl (C=O) groups is 2. The lowest BCUT2D eigenvalue weighted by atomic mass is 10.0. The summed E-state index contributed by atoms with van der Waals surface area (Å²) in [6, 6.07) is 22.6. The molecular weight excluding hydrogens is 457 g/mol. The molecule has 0 fully saturated rings. The Balaban J connectivity index is 1.59. The van der Waals surface area contributed by atoms with Crippen LogP contribution in [0.2, 0.25) is 0 Å². The summed E-state index contributed by atoms with van der Waals surface area (Å²) < 4.78 is 38.6. The summed E-state index contributed by atoms with van der Waals surface area (Å²) in [5.41, 5.74) is 3.83. The molecule has 6 nitrogen and oxygen atoms in total. The van der Waals surface area contributed by atoms with E-state index in [1.165, 1.54) is 24.3 Å².